The van der Waals surface area contributed by atoms with Crippen molar-refractivity contribution in [1.29, 1.82) is 0 Å². The van der Waals surface area contributed by atoms with Gasteiger partial charge in [0.2, 0.25) is 0 Å². The molecule has 1 saturated heterocycles. The first-order chi connectivity index (χ1) is 11.1. The number of β-amino-alcohol motifs (C(OH)–C–C–N with tert-alkyl or cyclic N) is 1. The smallest absolute Gasteiger partial charge is 0.257 e. The summed E-state index contributed by atoms with van der Waals surface area (Å²) in [7, 11) is 3.39. The molecule has 1 atom stereocenters. The number of aromatic nitrogens is 2. The second-order valence-corrected chi connectivity index (χ2v) is 5.81. The number of aryl methyl sites for hydroxylation is 1. The lowest BCUT2D eigenvalue weighted by Crippen LogP contribution is -2.42. The number of hydrogen-bond acceptors (Lipinski definition) is 4. The van der Waals surface area contributed by atoms with Gasteiger partial charge < -0.3 is 14.7 Å². The number of likely N-dealkylation sites (tertiary alicyclic amines) is 1. The zero-order chi connectivity index (χ0) is 16.4. The molecule has 0 saturated carbocycles. The number of ether oxygens (including phenoxy) is 1. The third-order valence-corrected chi connectivity index (χ3v) is 4.11. The summed E-state index contributed by atoms with van der Waals surface area (Å²) in [6.07, 6.45) is 2.84. The summed E-state index contributed by atoms with van der Waals surface area (Å²) in [5.74, 6) is 0.580. The average molecular weight is 315 g/mol. The van der Waals surface area contributed by atoms with Crippen molar-refractivity contribution < 1.29 is 14.6 Å². The molecule has 1 unspecified atom stereocenters. The summed E-state index contributed by atoms with van der Waals surface area (Å²) < 4.78 is 7.03. The van der Waals surface area contributed by atoms with Crippen molar-refractivity contribution in [2.24, 2.45) is 7.05 Å². The lowest BCUT2D eigenvalue weighted by atomic mass is 10.0. The number of aliphatic hydroxyl groups is 1. The Morgan fingerprint density at radius 1 is 1.39 bits per heavy atom. The van der Waals surface area contributed by atoms with Crippen LogP contribution >= 0.6 is 0 Å². The minimum atomic E-state index is -0.445. The molecule has 6 nitrogen and oxygen atoms in total. The summed E-state index contributed by atoms with van der Waals surface area (Å²) in [5, 5.41) is 14.3. The van der Waals surface area contributed by atoms with Gasteiger partial charge in [-0.2, -0.15) is 5.10 Å². The van der Waals surface area contributed by atoms with E-state index in [2.05, 4.69) is 5.10 Å². The summed E-state index contributed by atoms with van der Waals surface area (Å²) in [4.78, 5) is 14.6. The fourth-order valence-electron chi connectivity index (χ4n) is 2.99. The maximum Gasteiger partial charge on any atom is 0.257 e. The number of aliphatic hydroxyl groups excluding tert-OH is 1. The van der Waals surface area contributed by atoms with Gasteiger partial charge in [0.05, 0.1) is 18.8 Å². The molecular weight excluding hydrogens is 294 g/mol. The molecule has 0 aliphatic carbocycles. The maximum absolute atomic E-state index is 12.9. The fourth-order valence-corrected chi connectivity index (χ4v) is 2.99. The molecule has 2 heterocycles. The Morgan fingerprint density at radius 2 is 2.17 bits per heavy atom. The maximum atomic E-state index is 12.9. The standard InChI is InChI=1S/C17H21N3O3/c1-19-11-14(17(22)20-9-5-6-12(21)10-20)16(18-19)13-7-3-4-8-15(13)23-2/h3-4,7-8,11-12,21H,5-6,9-10H2,1-2H3. The van der Waals surface area contributed by atoms with Crippen LogP contribution in [0.4, 0.5) is 0 Å². The number of methoxy groups -OCH3 is 1. The van der Waals surface area contributed by atoms with E-state index >= 15 is 0 Å². The van der Waals surface area contributed by atoms with Gasteiger partial charge in [0, 0.05) is 31.9 Å². The van der Waals surface area contributed by atoms with Gasteiger partial charge in [0.1, 0.15) is 11.4 Å². The molecule has 1 aromatic carbocycles. The van der Waals surface area contributed by atoms with E-state index in [1.165, 1.54) is 0 Å². The van der Waals surface area contributed by atoms with Gasteiger partial charge >= 0.3 is 0 Å². The highest BCUT2D eigenvalue weighted by atomic mass is 16.5. The largest absolute Gasteiger partial charge is 0.496 e. The lowest BCUT2D eigenvalue weighted by Gasteiger charge is -2.30. The number of benzene rings is 1. The van der Waals surface area contributed by atoms with Gasteiger partial charge in [-0.15, -0.1) is 0 Å². The van der Waals surface area contributed by atoms with Crippen molar-refractivity contribution in [3.63, 3.8) is 0 Å². The van der Waals surface area contributed by atoms with Gasteiger partial charge in [-0.25, -0.2) is 0 Å². The monoisotopic (exact) mass is 315 g/mol. The van der Waals surface area contributed by atoms with Crippen molar-refractivity contribution in [1.82, 2.24) is 14.7 Å². The van der Waals surface area contributed by atoms with Crippen LogP contribution in [0.1, 0.15) is 23.2 Å². The summed E-state index contributed by atoms with van der Waals surface area (Å²) in [5.41, 5.74) is 1.93. The molecule has 3 rings (SSSR count). The minimum absolute atomic E-state index is 0.0993. The Kier molecular flexibility index (Phi) is 4.34. The van der Waals surface area contributed by atoms with Crippen LogP contribution in [0.15, 0.2) is 30.5 Å². The zero-order valence-electron chi connectivity index (χ0n) is 13.4. The number of rotatable bonds is 3. The van der Waals surface area contributed by atoms with Gasteiger partial charge in [-0.1, -0.05) is 12.1 Å². The average Bonchev–Trinajstić information content (AvgIpc) is 2.95. The van der Waals surface area contributed by atoms with Crippen molar-refractivity contribution in [2.75, 3.05) is 20.2 Å². The highest BCUT2D eigenvalue weighted by Gasteiger charge is 2.27. The molecule has 1 amide bonds. The van der Waals surface area contributed by atoms with Crippen LogP contribution in [-0.2, 0) is 7.05 Å². The van der Waals surface area contributed by atoms with Crippen LogP contribution in [0.2, 0.25) is 0 Å². The van der Waals surface area contributed by atoms with E-state index in [1.54, 1.807) is 29.9 Å². The van der Waals surface area contributed by atoms with Crippen molar-refractivity contribution in [3.8, 4) is 17.0 Å². The summed E-state index contributed by atoms with van der Waals surface area (Å²) in [6, 6.07) is 7.52. The molecule has 1 fully saturated rings. The van der Waals surface area contributed by atoms with Crippen molar-refractivity contribution >= 4 is 5.91 Å². The molecule has 1 aromatic heterocycles. The SMILES string of the molecule is COc1ccccc1-c1nn(C)cc1C(=O)N1CCCC(O)C1. The Balaban J connectivity index is 1.99. The van der Waals surface area contributed by atoms with E-state index in [4.69, 9.17) is 4.74 Å². The normalized spacial score (nSPS) is 18.0. The number of piperidine rings is 1. The molecule has 2 aromatic rings. The Hall–Kier alpha value is -2.34. The molecule has 23 heavy (non-hydrogen) atoms. The summed E-state index contributed by atoms with van der Waals surface area (Å²) in [6.45, 7) is 1.04. The Morgan fingerprint density at radius 3 is 2.91 bits per heavy atom. The molecule has 6 heteroatoms. The van der Waals surface area contributed by atoms with Crippen LogP contribution in [0.5, 0.6) is 5.75 Å². The quantitative estimate of drug-likeness (QED) is 0.936. The predicted octanol–water partition coefficient (Wildman–Crippen LogP) is 1.69. The van der Waals surface area contributed by atoms with E-state index in [9.17, 15) is 9.90 Å². The van der Waals surface area contributed by atoms with Gasteiger partial charge in [0.15, 0.2) is 0 Å². The molecule has 0 radical (unpaired) electrons. The summed E-state index contributed by atoms with van der Waals surface area (Å²) >= 11 is 0. The number of para-hydroxylation sites is 1. The highest BCUT2D eigenvalue weighted by Crippen LogP contribution is 2.31. The molecule has 0 bridgehead atoms. The first-order valence-corrected chi connectivity index (χ1v) is 7.74. The number of hydrogen-bond donors (Lipinski definition) is 1. The predicted molar refractivity (Wildman–Crippen MR) is 86.3 cm³/mol. The Labute approximate surface area is 135 Å². The van der Waals surface area contributed by atoms with Gasteiger partial charge in [-0.05, 0) is 25.0 Å². The molecule has 1 aliphatic rings. The zero-order valence-corrected chi connectivity index (χ0v) is 13.4. The number of amides is 1. The first kappa shape index (κ1) is 15.6. The topological polar surface area (TPSA) is 67.6 Å². The fraction of sp³-hybridized carbons (Fsp3) is 0.412. The molecule has 0 spiro atoms. The highest BCUT2D eigenvalue weighted by molar-refractivity contribution is 6.00. The van der Waals surface area contributed by atoms with Gasteiger partial charge in [-0.3, -0.25) is 9.48 Å². The van der Waals surface area contributed by atoms with Crippen LogP contribution in [0.3, 0.4) is 0 Å². The van der Waals surface area contributed by atoms with Crippen LogP contribution in [0, 0.1) is 0 Å². The third kappa shape index (κ3) is 3.07. The van der Waals surface area contributed by atoms with Crippen LogP contribution in [-0.4, -0.2) is 52.0 Å². The molecule has 122 valence electrons. The van der Waals surface area contributed by atoms with Crippen LogP contribution in [0.25, 0.3) is 11.3 Å². The number of nitrogens with zero attached hydrogens (tertiary/aromatic N) is 3. The van der Waals surface area contributed by atoms with Crippen LogP contribution < -0.4 is 4.74 Å². The molecular formula is C17H21N3O3. The van der Waals surface area contributed by atoms with E-state index in [1.807, 2.05) is 24.3 Å². The molecule has 1 N–H and O–H groups in total. The van der Waals surface area contributed by atoms with Crippen molar-refractivity contribution in [3.05, 3.63) is 36.0 Å². The van der Waals surface area contributed by atoms with E-state index in [0.717, 1.165) is 18.4 Å². The molecule has 1 aliphatic heterocycles. The lowest BCUT2D eigenvalue weighted by molar-refractivity contribution is 0.0474. The number of carbonyl (C=O) groups excluding carboxylic acids is 1. The first-order valence-electron chi connectivity index (χ1n) is 7.74. The second-order valence-electron chi connectivity index (χ2n) is 5.81. The van der Waals surface area contributed by atoms with Crippen molar-refractivity contribution in [2.45, 2.75) is 18.9 Å². The third-order valence-electron chi connectivity index (χ3n) is 4.11. The minimum Gasteiger partial charge on any atom is -0.496 e. The van der Waals surface area contributed by atoms with E-state index < -0.39 is 6.10 Å². The van der Waals surface area contributed by atoms with E-state index in [0.29, 0.717) is 30.1 Å². The second kappa shape index (κ2) is 6.42. The number of carbonyl (C=O) groups is 1. The van der Waals surface area contributed by atoms with Gasteiger partial charge in [0.25, 0.3) is 5.91 Å². The van der Waals surface area contributed by atoms with E-state index in [-0.39, 0.29) is 5.91 Å². The Bertz CT molecular complexity index is 711.